The van der Waals surface area contributed by atoms with Crippen LogP contribution in [0.15, 0.2) is 79.0 Å². The molecule has 3 rings (SSSR count). The summed E-state index contributed by atoms with van der Waals surface area (Å²) in [4.78, 5) is 16.4. The first-order chi connectivity index (χ1) is 13.6. The van der Waals surface area contributed by atoms with E-state index < -0.39 is 0 Å². The lowest BCUT2D eigenvalue weighted by Crippen LogP contribution is -2.33. The van der Waals surface area contributed by atoms with Crippen molar-refractivity contribution in [3.05, 3.63) is 90.1 Å². The third-order valence-corrected chi connectivity index (χ3v) is 4.20. The van der Waals surface area contributed by atoms with E-state index in [1.165, 1.54) is 11.6 Å². The monoisotopic (exact) mass is 373 g/mol. The topological polar surface area (TPSA) is 97.3 Å². The van der Waals surface area contributed by atoms with E-state index in [9.17, 15) is 4.79 Å². The molecule has 1 amide bonds. The van der Waals surface area contributed by atoms with E-state index in [4.69, 9.17) is 11.6 Å². The Morgan fingerprint density at radius 2 is 1.79 bits per heavy atom. The van der Waals surface area contributed by atoms with Crippen molar-refractivity contribution in [2.24, 2.45) is 5.84 Å². The molecule has 0 saturated carbocycles. The van der Waals surface area contributed by atoms with Gasteiger partial charge < -0.3 is 11.1 Å². The van der Waals surface area contributed by atoms with Gasteiger partial charge in [-0.1, -0.05) is 42.5 Å². The molecule has 0 aliphatic heterocycles. The summed E-state index contributed by atoms with van der Waals surface area (Å²) >= 11 is 0. The van der Waals surface area contributed by atoms with E-state index in [-0.39, 0.29) is 5.91 Å². The maximum atomic E-state index is 12.0. The fraction of sp³-hybridized carbons (Fsp3) is 0.0909. The summed E-state index contributed by atoms with van der Waals surface area (Å²) in [7, 11) is 0. The molecule has 3 aromatic rings. The molecule has 0 saturated heterocycles. The van der Waals surface area contributed by atoms with Crippen molar-refractivity contribution in [2.75, 3.05) is 22.6 Å². The summed E-state index contributed by atoms with van der Waals surface area (Å²) in [6.45, 7) is 0.660. The summed E-state index contributed by atoms with van der Waals surface area (Å²) in [6, 6.07) is 21.0. The van der Waals surface area contributed by atoms with Gasteiger partial charge in [-0.25, -0.2) is 10.8 Å². The van der Waals surface area contributed by atoms with Crippen LogP contribution in [0, 0.1) is 0 Å². The molecule has 0 radical (unpaired) electrons. The van der Waals surface area contributed by atoms with Gasteiger partial charge in [-0.15, -0.1) is 0 Å². The number of para-hydroxylation sites is 2. The lowest BCUT2D eigenvalue weighted by Gasteiger charge is -2.17. The number of rotatable bonds is 7. The zero-order valence-electron chi connectivity index (χ0n) is 15.5. The minimum absolute atomic E-state index is 0.259. The van der Waals surface area contributed by atoms with Gasteiger partial charge in [0.25, 0.3) is 0 Å². The van der Waals surface area contributed by atoms with Gasteiger partial charge in [-0.2, -0.15) is 0 Å². The average molecular weight is 373 g/mol. The molecule has 0 spiro atoms. The third kappa shape index (κ3) is 5.43. The number of nitrogens with zero attached hydrogens (tertiary/aromatic N) is 2. The highest BCUT2D eigenvalue weighted by Gasteiger charge is 2.04. The van der Waals surface area contributed by atoms with Crippen molar-refractivity contribution in [1.29, 1.82) is 0 Å². The Morgan fingerprint density at radius 3 is 2.50 bits per heavy atom. The predicted octanol–water partition coefficient (Wildman–Crippen LogP) is 3.24. The van der Waals surface area contributed by atoms with Crippen molar-refractivity contribution < 1.29 is 4.79 Å². The van der Waals surface area contributed by atoms with E-state index in [1.54, 1.807) is 29.4 Å². The molecule has 0 unspecified atom stereocenters. The number of nitrogens with two attached hydrogens (primary N) is 2. The number of benzene rings is 2. The Morgan fingerprint density at radius 1 is 1.04 bits per heavy atom. The van der Waals surface area contributed by atoms with Crippen molar-refractivity contribution >= 4 is 29.2 Å². The smallest absolute Gasteiger partial charge is 0.248 e. The second kappa shape index (κ2) is 9.34. The van der Waals surface area contributed by atoms with Crippen molar-refractivity contribution in [1.82, 2.24) is 4.98 Å². The SMILES string of the molecule is Nc1ccccc1NC(=O)C=Cc1ccc(N(N)CCc2ccccc2)nc1. The van der Waals surface area contributed by atoms with Crippen LogP contribution in [0.4, 0.5) is 17.2 Å². The molecule has 1 heterocycles. The highest BCUT2D eigenvalue weighted by atomic mass is 16.1. The van der Waals surface area contributed by atoms with E-state index >= 15 is 0 Å². The van der Waals surface area contributed by atoms with Crippen LogP contribution in [0.5, 0.6) is 0 Å². The first kappa shape index (κ1) is 19.1. The summed E-state index contributed by atoms with van der Waals surface area (Å²) < 4.78 is 0. The Kier molecular flexibility index (Phi) is 6.38. The van der Waals surface area contributed by atoms with E-state index in [1.807, 2.05) is 42.5 Å². The maximum absolute atomic E-state index is 12.0. The molecule has 5 N–H and O–H groups in total. The van der Waals surface area contributed by atoms with Crippen LogP contribution in [-0.2, 0) is 11.2 Å². The zero-order chi connectivity index (χ0) is 19.8. The molecule has 142 valence electrons. The number of hydrazine groups is 1. The maximum Gasteiger partial charge on any atom is 0.248 e. The van der Waals surface area contributed by atoms with E-state index in [0.717, 1.165) is 12.0 Å². The normalized spacial score (nSPS) is 10.8. The molecular weight excluding hydrogens is 350 g/mol. The summed E-state index contributed by atoms with van der Waals surface area (Å²) in [6.07, 6.45) is 5.65. The van der Waals surface area contributed by atoms with Gasteiger partial charge >= 0.3 is 0 Å². The summed E-state index contributed by atoms with van der Waals surface area (Å²) in [5.74, 6) is 6.51. The molecule has 6 heteroatoms. The number of aromatic nitrogens is 1. The van der Waals surface area contributed by atoms with Crippen LogP contribution < -0.4 is 21.9 Å². The lowest BCUT2D eigenvalue weighted by atomic mass is 10.1. The number of pyridine rings is 1. The van der Waals surface area contributed by atoms with Crippen LogP contribution in [0.2, 0.25) is 0 Å². The number of hydrogen-bond donors (Lipinski definition) is 3. The van der Waals surface area contributed by atoms with Gasteiger partial charge in [0.2, 0.25) is 5.91 Å². The number of nitrogens with one attached hydrogen (secondary N) is 1. The highest BCUT2D eigenvalue weighted by Crippen LogP contribution is 2.17. The summed E-state index contributed by atoms with van der Waals surface area (Å²) in [5, 5.41) is 4.36. The van der Waals surface area contributed by atoms with Gasteiger partial charge in [0.1, 0.15) is 5.82 Å². The first-order valence-corrected chi connectivity index (χ1v) is 8.97. The molecule has 0 atom stereocenters. The fourth-order valence-corrected chi connectivity index (χ4v) is 2.63. The largest absolute Gasteiger partial charge is 0.397 e. The number of anilines is 3. The second-order valence-corrected chi connectivity index (χ2v) is 6.29. The van der Waals surface area contributed by atoms with Crippen LogP contribution in [0.1, 0.15) is 11.1 Å². The molecule has 28 heavy (non-hydrogen) atoms. The molecule has 0 aliphatic rings. The van der Waals surface area contributed by atoms with Crippen molar-refractivity contribution in [3.8, 4) is 0 Å². The van der Waals surface area contributed by atoms with Gasteiger partial charge in [0.15, 0.2) is 0 Å². The molecule has 0 bridgehead atoms. The second-order valence-electron chi connectivity index (χ2n) is 6.29. The van der Waals surface area contributed by atoms with Crippen LogP contribution in [0.25, 0.3) is 6.08 Å². The van der Waals surface area contributed by atoms with E-state index in [0.29, 0.717) is 23.7 Å². The van der Waals surface area contributed by atoms with E-state index in [2.05, 4.69) is 22.4 Å². The van der Waals surface area contributed by atoms with Crippen molar-refractivity contribution in [2.45, 2.75) is 6.42 Å². The zero-order valence-corrected chi connectivity index (χ0v) is 15.5. The molecule has 0 aliphatic carbocycles. The third-order valence-electron chi connectivity index (χ3n) is 4.20. The van der Waals surface area contributed by atoms with Gasteiger partial charge in [-0.3, -0.25) is 9.80 Å². The van der Waals surface area contributed by atoms with Gasteiger partial charge in [0, 0.05) is 18.8 Å². The predicted molar refractivity (Wildman–Crippen MR) is 114 cm³/mol. The Hall–Kier alpha value is -3.64. The standard InChI is InChI=1S/C22H23N5O/c23-19-8-4-5-9-20(19)26-22(28)13-11-18-10-12-21(25-16-18)27(24)15-14-17-6-2-1-3-7-17/h1-13,16H,14-15,23-24H2,(H,26,28). The number of nitrogen functional groups attached to an aromatic ring is 1. The average Bonchev–Trinajstić information content (AvgIpc) is 2.73. The molecule has 2 aromatic carbocycles. The minimum atomic E-state index is -0.259. The fourth-order valence-electron chi connectivity index (χ4n) is 2.63. The quantitative estimate of drug-likeness (QED) is 0.256. The number of amides is 1. The molecule has 6 nitrogen and oxygen atoms in total. The number of carbonyl (C=O) groups is 1. The summed E-state index contributed by atoms with van der Waals surface area (Å²) in [5.41, 5.74) is 8.95. The molecular formula is C22H23N5O. The van der Waals surface area contributed by atoms with Crippen molar-refractivity contribution in [3.63, 3.8) is 0 Å². The molecule has 1 aromatic heterocycles. The van der Waals surface area contributed by atoms with Crippen LogP contribution >= 0.6 is 0 Å². The Labute approximate surface area is 164 Å². The minimum Gasteiger partial charge on any atom is -0.397 e. The Bertz CT molecular complexity index is 939. The van der Waals surface area contributed by atoms with Crippen LogP contribution in [0.3, 0.4) is 0 Å². The first-order valence-electron chi connectivity index (χ1n) is 8.97. The van der Waals surface area contributed by atoms with Crippen LogP contribution in [-0.4, -0.2) is 17.4 Å². The Balaban J connectivity index is 1.54. The van der Waals surface area contributed by atoms with Gasteiger partial charge in [0.05, 0.1) is 11.4 Å². The highest BCUT2D eigenvalue weighted by molar-refractivity contribution is 6.03. The lowest BCUT2D eigenvalue weighted by molar-refractivity contribution is -0.111. The number of carbonyl (C=O) groups excluding carboxylic acids is 1. The van der Waals surface area contributed by atoms with Gasteiger partial charge in [-0.05, 0) is 47.9 Å². The number of hydrogen-bond acceptors (Lipinski definition) is 5. The molecule has 0 fully saturated rings.